The molecule has 2 rings (SSSR count). The number of H-pyrrole nitrogens is 1. The summed E-state index contributed by atoms with van der Waals surface area (Å²) in [7, 11) is 0. The minimum atomic E-state index is -0.518. The van der Waals surface area contributed by atoms with E-state index in [1.807, 2.05) is 0 Å². The predicted octanol–water partition coefficient (Wildman–Crippen LogP) is 1.11. The van der Waals surface area contributed by atoms with E-state index in [0.29, 0.717) is 5.69 Å². The first-order valence-electron chi connectivity index (χ1n) is 5.12. The molecule has 1 aromatic heterocycles. The SMILES string of the molecule is CC(O)c1ccc(NC(=O)c2cn[nH]n2)cc1. The van der Waals surface area contributed by atoms with Crippen LogP contribution in [0.15, 0.2) is 30.5 Å². The van der Waals surface area contributed by atoms with Crippen LogP contribution >= 0.6 is 0 Å². The predicted molar refractivity (Wildman–Crippen MR) is 61.4 cm³/mol. The van der Waals surface area contributed by atoms with E-state index >= 15 is 0 Å². The number of aromatic amines is 1. The summed E-state index contributed by atoms with van der Waals surface area (Å²) in [6.45, 7) is 1.68. The third kappa shape index (κ3) is 2.67. The van der Waals surface area contributed by atoms with Crippen LogP contribution in [0.25, 0.3) is 0 Å². The fourth-order valence-electron chi connectivity index (χ4n) is 1.35. The van der Waals surface area contributed by atoms with Gasteiger partial charge in [-0.1, -0.05) is 12.1 Å². The summed E-state index contributed by atoms with van der Waals surface area (Å²) < 4.78 is 0. The van der Waals surface area contributed by atoms with Gasteiger partial charge in [-0.25, -0.2) is 0 Å². The fraction of sp³-hybridized carbons (Fsp3) is 0.182. The molecule has 3 N–H and O–H groups in total. The minimum absolute atomic E-state index is 0.226. The maximum absolute atomic E-state index is 11.6. The second-order valence-electron chi connectivity index (χ2n) is 3.61. The lowest BCUT2D eigenvalue weighted by molar-refractivity contribution is 0.102. The zero-order valence-corrected chi connectivity index (χ0v) is 9.21. The average Bonchev–Trinajstić information content (AvgIpc) is 2.83. The van der Waals surface area contributed by atoms with Crippen molar-refractivity contribution < 1.29 is 9.90 Å². The van der Waals surface area contributed by atoms with Gasteiger partial charge >= 0.3 is 0 Å². The van der Waals surface area contributed by atoms with E-state index < -0.39 is 6.10 Å². The number of nitrogens with zero attached hydrogens (tertiary/aromatic N) is 2. The number of benzene rings is 1. The molecular weight excluding hydrogens is 220 g/mol. The van der Waals surface area contributed by atoms with Gasteiger partial charge in [-0.05, 0) is 24.6 Å². The van der Waals surface area contributed by atoms with Crippen LogP contribution in [0, 0.1) is 0 Å². The highest BCUT2D eigenvalue weighted by molar-refractivity contribution is 6.02. The summed E-state index contributed by atoms with van der Waals surface area (Å²) >= 11 is 0. The summed E-state index contributed by atoms with van der Waals surface area (Å²) in [6.07, 6.45) is 0.828. The summed E-state index contributed by atoms with van der Waals surface area (Å²) in [5, 5.41) is 21.6. The van der Waals surface area contributed by atoms with E-state index in [2.05, 4.69) is 20.7 Å². The lowest BCUT2D eigenvalue weighted by Gasteiger charge is -2.06. The molecule has 0 aliphatic carbocycles. The third-order valence-electron chi connectivity index (χ3n) is 2.30. The normalized spacial score (nSPS) is 12.1. The number of aliphatic hydroxyl groups is 1. The van der Waals surface area contributed by atoms with Crippen molar-refractivity contribution in [3.8, 4) is 0 Å². The third-order valence-corrected chi connectivity index (χ3v) is 2.30. The molecule has 6 nitrogen and oxygen atoms in total. The molecule has 88 valence electrons. The van der Waals surface area contributed by atoms with Gasteiger partial charge in [0, 0.05) is 5.69 Å². The summed E-state index contributed by atoms with van der Waals surface area (Å²) in [5.41, 5.74) is 1.66. The quantitative estimate of drug-likeness (QED) is 0.739. The van der Waals surface area contributed by atoms with Gasteiger partial charge in [-0.2, -0.15) is 15.4 Å². The average molecular weight is 232 g/mol. The maximum Gasteiger partial charge on any atom is 0.277 e. The molecule has 1 aromatic carbocycles. The molecule has 1 heterocycles. The van der Waals surface area contributed by atoms with Gasteiger partial charge in [0.15, 0.2) is 5.69 Å². The molecule has 0 bridgehead atoms. The number of aromatic nitrogens is 3. The Bertz CT molecular complexity index is 491. The number of anilines is 1. The molecule has 0 fully saturated rings. The lowest BCUT2D eigenvalue weighted by atomic mass is 10.1. The van der Waals surface area contributed by atoms with Crippen LogP contribution in [0.5, 0.6) is 0 Å². The molecule has 0 aliphatic rings. The van der Waals surface area contributed by atoms with Gasteiger partial charge < -0.3 is 10.4 Å². The highest BCUT2D eigenvalue weighted by Gasteiger charge is 2.08. The zero-order chi connectivity index (χ0) is 12.3. The van der Waals surface area contributed by atoms with Crippen LogP contribution in [-0.4, -0.2) is 26.4 Å². The number of hydrogen-bond donors (Lipinski definition) is 3. The van der Waals surface area contributed by atoms with Crippen LogP contribution in [0.4, 0.5) is 5.69 Å². The zero-order valence-electron chi connectivity index (χ0n) is 9.21. The molecule has 6 heteroatoms. The van der Waals surface area contributed by atoms with Crippen molar-refractivity contribution in [2.75, 3.05) is 5.32 Å². The Hall–Kier alpha value is -2.21. The van der Waals surface area contributed by atoms with Gasteiger partial charge in [0.2, 0.25) is 0 Å². The molecule has 1 atom stereocenters. The van der Waals surface area contributed by atoms with Crippen LogP contribution < -0.4 is 5.32 Å². The van der Waals surface area contributed by atoms with E-state index in [-0.39, 0.29) is 11.6 Å². The van der Waals surface area contributed by atoms with E-state index in [1.54, 1.807) is 31.2 Å². The standard InChI is InChI=1S/C11H12N4O2/c1-7(16)8-2-4-9(5-3-8)13-11(17)10-6-12-15-14-10/h2-7,16H,1H3,(H,13,17)(H,12,14,15). The molecule has 0 saturated carbocycles. The minimum Gasteiger partial charge on any atom is -0.389 e. The van der Waals surface area contributed by atoms with Crippen molar-refractivity contribution in [3.63, 3.8) is 0 Å². The summed E-state index contributed by atoms with van der Waals surface area (Å²) in [4.78, 5) is 11.6. The topological polar surface area (TPSA) is 90.9 Å². The molecule has 0 spiro atoms. The second-order valence-corrected chi connectivity index (χ2v) is 3.61. The second kappa shape index (κ2) is 4.75. The fourth-order valence-corrected chi connectivity index (χ4v) is 1.35. The Morgan fingerprint density at radius 3 is 2.65 bits per heavy atom. The van der Waals surface area contributed by atoms with Gasteiger partial charge in [-0.3, -0.25) is 4.79 Å². The molecule has 2 aromatic rings. The Morgan fingerprint density at radius 2 is 2.12 bits per heavy atom. The van der Waals surface area contributed by atoms with Gasteiger partial charge in [0.25, 0.3) is 5.91 Å². The van der Waals surface area contributed by atoms with Gasteiger partial charge in [-0.15, -0.1) is 0 Å². The van der Waals surface area contributed by atoms with Crippen LogP contribution in [0.1, 0.15) is 29.1 Å². The molecule has 1 unspecified atom stereocenters. The number of amides is 1. The first-order valence-corrected chi connectivity index (χ1v) is 5.12. The van der Waals surface area contributed by atoms with E-state index in [9.17, 15) is 9.90 Å². The molecular formula is C11H12N4O2. The van der Waals surface area contributed by atoms with Crippen LogP contribution in [0.3, 0.4) is 0 Å². The van der Waals surface area contributed by atoms with Crippen molar-refractivity contribution >= 4 is 11.6 Å². The van der Waals surface area contributed by atoms with Crippen LogP contribution in [-0.2, 0) is 0 Å². The number of carbonyl (C=O) groups is 1. The van der Waals surface area contributed by atoms with Crippen molar-refractivity contribution in [1.29, 1.82) is 0 Å². The van der Waals surface area contributed by atoms with E-state index in [0.717, 1.165) is 5.56 Å². The molecule has 0 aliphatic heterocycles. The monoisotopic (exact) mass is 232 g/mol. The first-order chi connectivity index (χ1) is 8.16. The molecule has 17 heavy (non-hydrogen) atoms. The highest BCUT2D eigenvalue weighted by Crippen LogP contribution is 2.15. The Balaban J connectivity index is 2.07. The molecule has 0 radical (unpaired) electrons. The molecule has 0 saturated heterocycles. The van der Waals surface area contributed by atoms with Gasteiger partial charge in [0.05, 0.1) is 12.3 Å². The lowest BCUT2D eigenvalue weighted by Crippen LogP contribution is -2.12. The van der Waals surface area contributed by atoms with Crippen molar-refractivity contribution in [3.05, 3.63) is 41.7 Å². The Morgan fingerprint density at radius 1 is 1.41 bits per heavy atom. The largest absolute Gasteiger partial charge is 0.389 e. The summed E-state index contributed by atoms with van der Waals surface area (Å²) in [5.74, 6) is -0.330. The van der Waals surface area contributed by atoms with Crippen molar-refractivity contribution in [2.24, 2.45) is 0 Å². The Kier molecular flexibility index (Phi) is 3.15. The number of hydrogen-bond acceptors (Lipinski definition) is 4. The van der Waals surface area contributed by atoms with Gasteiger partial charge in [0.1, 0.15) is 0 Å². The maximum atomic E-state index is 11.6. The Labute approximate surface area is 97.7 Å². The van der Waals surface area contributed by atoms with E-state index in [4.69, 9.17) is 0 Å². The first kappa shape index (κ1) is 11.3. The number of nitrogens with one attached hydrogen (secondary N) is 2. The molecule has 1 amide bonds. The number of aliphatic hydroxyl groups excluding tert-OH is 1. The van der Waals surface area contributed by atoms with Crippen molar-refractivity contribution in [2.45, 2.75) is 13.0 Å². The number of rotatable bonds is 3. The number of carbonyl (C=O) groups excluding carboxylic acids is 1. The smallest absolute Gasteiger partial charge is 0.277 e. The van der Waals surface area contributed by atoms with E-state index in [1.165, 1.54) is 6.20 Å². The van der Waals surface area contributed by atoms with Crippen molar-refractivity contribution in [1.82, 2.24) is 15.4 Å². The summed E-state index contributed by atoms with van der Waals surface area (Å²) in [6, 6.07) is 6.95. The van der Waals surface area contributed by atoms with Crippen LogP contribution in [0.2, 0.25) is 0 Å². The highest BCUT2D eigenvalue weighted by atomic mass is 16.3.